The molecule has 3 aromatic rings. The van der Waals surface area contributed by atoms with Gasteiger partial charge in [0.25, 0.3) is 0 Å². The van der Waals surface area contributed by atoms with Crippen LogP contribution < -0.4 is 4.73 Å². The van der Waals surface area contributed by atoms with E-state index in [1.165, 1.54) is 37.7 Å². The highest BCUT2D eigenvalue weighted by atomic mass is 19.1. The summed E-state index contributed by atoms with van der Waals surface area (Å²) in [7, 11) is 1.31. The smallest absolute Gasteiger partial charge is 0.331 e. The van der Waals surface area contributed by atoms with Gasteiger partial charge in [-0.1, -0.05) is 20.8 Å². The molecule has 0 amide bonds. The van der Waals surface area contributed by atoms with Crippen molar-refractivity contribution in [2.45, 2.75) is 26.2 Å². The lowest BCUT2D eigenvalue weighted by Crippen LogP contribution is -2.27. The van der Waals surface area contributed by atoms with Crippen LogP contribution in [0.25, 0.3) is 28.7 Å². The number of carbonyl (C=O) groups is 1. The van der Waals surface area contributed by atoms with Gasteiger partial charge in [0.1, 0.15) is 11.6 Å². The summed E-state index contributed by atoms with van der Waals surface area (Å²) < 4.78 is 21.0. The van der Waals surface area contributed by atoms with Crippen molar-refractivity contribution in [1.82, 2.24) is 9.55 Å². The fraction of sp³-hybridized carbons (Fsp3) is 0.227. The summed E-state index contributed by atoms with van der Waals surface area (Å²) in [5.74, 6) is -0.123. The molecule has 0 atom stereocenters. The van der Waals surface area contributed by atoms with Crippen LogP contribution in [-0.4, -0.2) is 27.8 Å². The maximum Gasteiger partial charge on any atom is 0.331 e. The number of halogens is 1. The van der Waals surface area contributed by atoms with Crippen molar-refractivity contribution in [2.24, 2.45) is 0 Å². The van der Waals surface area contributed by atoms with Crippen LogP contribution in [0.15, 0.2) is 54.9 Å². The van der Waals surface area contributed by atoms with Crippen molar-refractivity contribution in [3.8, 4) is 22.5 Å². The normalized spacial score (nSPS) is 11.8. The molecule has 3 rings (SSSR count). The number of pyridine rings is 1. The summed E-state index contributed by atoms with van der Waals surface area (Å²) >= 11 is 0. The molecule has 2 heterocycles. The van der Waals surface area contributed by atoms with Crippen LogP contribution in [0.2, 0.25) is 0 Å². The number of aromatic nitrogens is 3. The van der Waals surface area contributed by atoms with E-state index in [2.05, 4.69) is 0 Å². The molecular formula is C22H23FN3O3+. The van der Waals surface area contributed by atoms with Crippen molar-refractivity contribution in [3.05, 3.63) is 66.5 Å². The van der Waals surface area contributed by atoms with Gasteiger partial charge in [-0.3, -0.25) is 5.21 Å². The molecule has 7 heteroatoms. The molecule has 0 spiro atoms. The van der Waals surface area contributed by atoms with Gasteiger partial charge in [-0.05, 0) is 24.3 Å². The summed E-state index contributed by atoms with van der Waals surface area (Å²) in [6.45, 7) is 6.05. The molecule has 0 bridgehead atoms. The molecule has 29 heavy (non-hydrogen) atoms. The van der Waals surface area contributed by atoms with Gasteiger partial charge in [-0.2, -0.15) is 0 Å². The van der Waals surface area contributed by atoms with Gasteiger partial charge >= 0.3 is 5.97 Å². The Morgan fingerprint density at radius 3 is 2.31 bits per heavy atom. The zero-order valence-corrected chi connectivity index (χ0v) is 16.8. The first-order valence-corrected chi connectivity index (χ1v) is 9.06. The third-order valence-corrected chi connectivity index (χ3v) is 4.35. The molecule has 0 saturated carbocycles. The number of imidazole rings is 1. The van der Waals surface area contributed by atoms with Gasteiger partial charge in [0.05, 0.1) is 18.5 Å². The van der Waals surface area contributed by atoms with Crippen LogP contribution in [0.5, 0.6) is 0 Å². The Morgan fingerprint density at radius 1 is 1.14 bits per heavy atom. The number of methoxy groups -OCH3 is 1. The fourth-order valence-corrected chi connectivity index (χ4v) is 2.97. The molecule has 2 aromatic heterocycles. The Kier molecular flexibility index (Phi) is 5.50. The van der Waals surface area contributed by atoms with Crippen LogP contribution in [0.3, 0.4) is 0 Å². The van der Waals surface area contributed by atoms with Gasteiger partial charge in [0.2, 0.25) is 12.4 Å². The monoisotopic (exact) mass is 396 g/mol. The van der Waals surface area contributed by atoms with Gasteiger partial charge < -0.3 is 9.30 Å². The SMILES string of the molecule is COC(=O)/C=C/n1c(C(C)(C)C)nc(-c2cc[n+](O)cc2)c1-c1ccc(F)cc1. The van der Waals surface area contributed by atoms with E-state index in [0.29, 0.717) is 17.2 Å². The Morgan fingerprint density at radius 2 is 1.76 bits per heavy atom. The lowest BCUT2D eigenvalue weighted by molar-refractivity contribution is -0.904. The van der Waals surface area contributed by atoms with Crippen LogP contribution >= 0.6 is 0 Å². The first-order chi connectivity index (χ1) is 13.7. The average Bonchev–Trinajstić information content (AvgIpc) is 3.07. The van der Waals surface area contributed by atoms with Crippen LogP contribution in [-0.2, 0) is 14.9 Å². The number of esters is 1. The van der Waals surface area contributed by atoms with Crippen LogP contribution in [0.1, 0.15) is 26.6 Å². The van der Waals surface area contributed by atoms with Gasteiger partial charge in [0.15, 0.2) is 0 Å². The molecule has 150 valence electrons. The summed E-state index contributed by atoms with van der Waals surface area (Å²) in [6, 6.07) is 9.56. The van der Waals surface area contributed by atoms with Crippen LogP contribution in [0, 0.1) is 5.82 Å². The standard InChI is InChI=1S/C22H23FN3O3/c1-22(2,3)21-24-19(15-9-12-25(28)13-10-15)20(16-5-7-17(23)8-6-16)26(21)14-11-18(27)29-4/h5-14,28H,1-4H3/q+1/b14-11+. The highest BCUT2D eigenvalue weighted by Crippen LogP contribution is 2.36. The van der Waals surface area contributed by atoms with Crippen molar-refractivity contribution >= 4 is 12.2 Å². The fourth-order valence-electron chi connectivity index (χ4n) is 2.97. The number of ether oxygens (including phenoxy) is 1. The number of hydrogen-bond acceptors (Lipinski definition) is 4. The van der Waals surface area contributed by atoms with Crippen molar-refractivity contribution in [3.63, 3.8) is 0 Å². The molecule has 1 aromatic carbocycles. The molecule has 1 N–H and O–H groups in total. The topological polar surface area (TPSA) is 68.2 Å². The van der Waals surface area contributed by atoms with E-state index in [1.807, 2.05) is 25.3 Å². The van der Waals surface area contributed by atoms with E-state index in [4.69, 9.17) is 9.72 Å². The Bertz CT molecular complexity index is 1050. The third kappa shape index (κ3) is 4.34. The molecule has 0 aliphatic rings. The van der Waals surface area contributed by atoms with Crippen molar-refractivity contribution in [1.29, 1.82) is 0 Å². The van der Waals surface area contributed by atoms with Crippen molar-refractivity contribution < 1.29 is 23.9 Å². The number of nitrogens with zero attached hydrogens (tertiary/aromatic N) is 3. The maximum absolute atomic E-state index is 13.5. The third-order valence-electron chi connectivity index (χ3n) is 4.35. The predicted molar refractivity (Wildman–Crippen MR) is 106 cm³/mol. The largest absolute Gasteiger partial charge is 0.466 e. The zero-order chi connectivity index (χ0) is 21.2. The Labute approximate surface area is 168 Å². The number of carbonyl (C=O) groups excluding carboxylic acids is 1. The lowest BCUT2D eigenvalue weighted by Gasteiger charge is -2.19. The van der Waals surface area contributed by atoms with E-state index < -0.39 is 5.97 Å². The van der Waals surface area contributed by atoms with Gasteiger partial charge in [-0.15, -0.1) is 0 Å². The Hall–Kier alpha value is -3.48. The van der Waals surface area contributed by atoms with E-state index in [0.717, 1.165) is 15.9 Å². The molecule has 0 saturated heterocycles. The number of benzene rings is 1. The minimum Gasteiger partial charge on any atom is -0.466 e. The molecule has 0 aliphatic carbocycles. The quantitative estimate of drug-likeness (QED) is 0.315. The molecule has 0 radical (unpaired) electrons. The first-order valence-electron chi connectivity index (χ1n) is 9.06. The van der Waals surface area contributed by atoms with E-state index in [1.54, 1.807) is 30.5 Å². The summed E-state index contributed by atoms with van der Waals surface area (Å²) in [5, 5.41) is 9.57. The summed E-state index contributed by atoms with van der Waals surface area (Å²) in [4.78, 5) is 16.6. The molecule has 0 fully saturated rings. The summed E-state index contributed by atoms with van der Waals surface area (Å²) in [5.41, 5.74) is 2.51. The van der Waals surface area contributed by atoms with E-state index >= 15 is 0 Å². The molecule has 0 aliphatic heterocycles. The molecular weight excluding hydrogens is 373 g/mol. The lowest BCUT2D eigenvalue weighted by atomic mass is 9.95. The predicted octanol–water partition coefficient (Wildman–Crippen LogP) is 3.82. The second kappa shape index (κ2) is 7.87. The first kappa shape index (κ1) is 20.3. The van der Waals surface area contributed by atoms with E-state index in [9.17, 15) is 14.4 Å². The second-order valence-corrected chi connectivity index (χ2v) is 7.57. The van der Waals surface area contributed by atoms with Crippen LogP contribution in [0.4, 0.5) is 4.39 Å². The maximum atomic E-state index is 13.5. The van der Waals surface area contributed by atoms with Gasteiger partial charge in [-0.25, -0.2) is 14.2 Å². The highest BCUT2D eigenvalue weighted by Gasteiger charge is 2.27. The second-order valence-electron chi connectivity index (χ2n) is 7.57. The Balaban J connectivity index is 2.33. The number of hydrogen-bond donors (Lipinski definition) is 1. The molecule has 6 nitrogen and oxygen atoms in total. The minimum atomic E-state index is -0.494. The molecule has 0 unspecified atom stereocenters. The minimum absolute atomic E-state index is 0.344. The highest BCUT2D eigenvalue weighted by molar-refractivity contribution is 5.87. The zero-order valence-electron chi connectivity index (χ0n) is 16.8. The summed E-state index contributed by atoms with van der Waals surface area (Å²) in [6.07, 6.45) is 5.94. The van der Waals surface area contributed by atoms with E-state index in [-0.39, 0.29) is 11.2 Å². The number of rotatable bonds is 4. The van der Waals surface area contributed by atoms with Crippen molar-refractivity contribution in [2.75, 3.05) is 7.11 Å². The van der Waals surface area contributed by atoms with Gasteiger partial charge in [0, 0.05) is 45.7 Å². The average molecular weight is 396 g/mol.